The largest absolute Gasteiger partial charge is 0.465 e. The molecule has 1 aromatic rings. The molecule has 1 amide bonds. The van der Waals surface area contributed by atoms with Crippen molar-refractivity contribution in [1.82, 2.24) is 15.0 Å². The van der Waals surface area contributed by atoms with Crippen molar-refractivity contribution < 1.29 is 19.1 Å². The highest BCUT2D eigenvalue weighted by Crippen LogP contribution is 2.16. The highest BCUT2D eigenvalue weighted by Gasteiger charge is 2.22. The van der Waals surface area contributed by atoms with E-state index in [-0.39, 0.29) is 18.4 Å². The summed E-state index contributed by atoms with van der Waals surface area (Å²) >= 11 is 0. The first-order chi connectivity index (χ1) is 9.69. The Labute approximate surface area is 116 Å². The normalized spacial score (nSPS) is 15.8. The SMILES string of the molecule is CCOC(=O)Cn1ncc(NC(=O)C2CCOCC2)n1. The van der Waals surface area contributed by atoms with Crippen LogP contribution in [-0.4, -0.2) is 46.7 Å². The summed E-state index contributed by atoms with van der Waals surface area (Å²) in [7, 11) is 0. The fourth-order valence-electron chi connectivity index (χ4n) is 1.94. The summed E-state index contributed by atoms with van der Waals surface area (Å²) in [5.41, 5.74) is 0. The van der Waals surface area contributed by atoms with E-state index in [1.54, 1.807) is 6.92 Å². The van der Waals surface area contributed by atoms with Crippen molar-refractivity contribution in [3.8, 4) is 0 Å². The average molecular weight is 282 g/mol. The third-order valence-corrected chi connectivity index (χ3v) is 2.96. The monoisotopic (exact) mass is 282 g/mol. The Morgan fingerprint density at radius 1 is 1.50 bits per heavy atom. The molecule has 0 radical (unpaired) electrons. The first-order valence-electron chi connectivity index (χ1n) is 6.63. The van der Waals surface area contributed by atoms with Crippen LogP contribution >= 0.6 is 0 Å². The zero-order valence-electron chi connectivity index (χ0n) is 11.4. The van der Waals surface area contributed by atoms with Crippen LogP contribution in [0, 0.1) is 5.92 Å². The van der Waals surface area contributed by atoms with Gasteiger partial charge in [-0.2, -0.15) is 9.90 Å². The number of hydrogen-bond donors (Lipinski definition) is 1. The molecule has 1 aliphatic heterocycles. The van der Waals surface area contributed by atoms with Gasteiger partial charge < -0.3 is 14.8 Å². The molecule has 110 valence electrons. The molecule has 1 saturated heterocycles. The van der Waals surface area contributed by atoms with Gasteiger partial charge in [0.05, 0.1) is 12.8 Å². The van der Waals surface area contributed by atoms with Gasteiger partial charge in [-0.25, -0.2) is 4.79 Å². The molecule has 0 spiro atoms. The molecule has 1 N–H and O–H groups in total. The van der Waals surface area contributed by atoms with Crippen LogP contribution in [-0.2, 0) is 25.6 Å². The summed E-state index contributed by atoms with van der Waals surface area (Å²) in [5, 5.41) is 10.6. The highest BCUT2D eigenvalue weighted by atomic mass is 16.5. The summed E-state index contributed by atoms with van der Waals surface area (Å²) in [6.45, 7) is 3.18. The number of carbonyl (C=O) groups excluding carboxylic acids is 2. The number of nitrogens with zero attached hydrogens (tertiary/aromatic N) is 3. The first kappa shape index (κ1) is 14.4. The van der Waals surface area contributed by atoms with E-state index in [9.17, 15) is 9.59 Å². The predicted octanol–water partition coefficient (Wildman–Crippen LogP) is 0.206. The number of esters is 1. The Kier molecular flexibility index (Phi) is 5.05. The third-order valence-electron chi connectivity index (χ3n) is 2.96. The molecule has 1 fully saturated rings. The zero-order chi connectivity index (χ0) is 14.4. The van der Waals surface area contributed by atoms with E-state index in [0.717, 1.165) is 0 Å². The van der Waals surface area contributed by atoms with Crippen LogP contribution in [0.3, 0.4) is 0 Å². The summed E-state index contributed by atoms with van der Waals surface area (Å²) in [4.78, 5) is 24.4. The number of rotatable bonds is 5. The van der Waals surface area contributed by atoms with Crippen LogP contribution in [0.5, 0.6) is 0 Å². The maximum atomic E-state index is 12.0. The lowest BCUT2D eigenvalue weighted by Gasteiger charge is -2.20. The Bertz CT molecular complexity index is 468. The Morgan fingerprint density at radius 3 is 2.95 bits per heavy atom. The van der Waals surface area contributed by atoms with Crippen LogP contribution in [0.4, 0.5) is 5.82 Å². The van der Waals surface area contributed by atoms with Gasteiger partial charge in [-0.05, 0) is 19.8 Å². The van der Waals surface area contributed by atoms with E-state index in [1.165, 1.54) is 11.0 Å². The maximum Gasteiger partial charge on any atom is 0.329 e. The van der Waals surface area contributed by atoms with Gasteiger partial charge in [0, 0.05) is 19.1 Å². The molecule has 1 aromatic heterocycles. The fourth-order valence-corrected chi connectivity index (χ4v) is 1.94. The number of hydrogen-bond acceptors (Lipinski definition) is 6. The Balaban J connectivity index is 1.85. The summed E-state index contributed by atoms with van der Waals surface area (Å²) < 4.78 is 10.00. The number of aromatic nitrogens is 3. The van der Waals surface area contributed by atoms with Crippen LogP contribution in [0.1, 0.15) is 19.8 Å². The second kappa shape index (κ2) is 6.99. The van der Waals surface area contributed by atoms with Crippen molar-refractivity contribution in [3.63, 3.8) is 0 Å². The van der Waals surface area contributed by atoms with Crippen molar-refractivity contribution in [2.24, 2.45) is 5.92 Å². The number of nitrogens with one attached hydrogen (secondary N) is 1. The summed E-state index contributed by atoms with van der Waals surface area (Å²) in [6, 6.07) is 0. The number of amides is 1. The molecule has 8 heteroatoms. The van der Waals surface area contributed by atoms with E-state index < -0.39 is 5.97 Å². The third kappa shape index (κ3) is 4.02. The minimum Gasteiger partial charge on any atom is -0.465 e. The van der Waals surface area contributed by atoms with Gasteiger partial charge in [-0.15, -0.1) is 5.10 Å². The lowest BCUT2D eigenvalue weighted by atomic mass is 10.00. The molecule has 1 aliphatic rings. The van der Waals surface area contributed by atoms with Gasteiger partial charge in [0.15, 0.2) is 12.4 Å². The van der Waals surface area contributed by atoms with E-state index in [0.29, 0.717) is 38.5 Å². The van der Waals surface area contributed by atoms with Gasteiger partial charge in [-0.1, -0.05) is 0 Å². The summed E-state index contributed by atoms with van der Waals surface area (Å²) in [6.07, 6.45) is 2.84. The molecule has 0 aromatic carbocycles. The van der Waals surface area contributed by atoms with E-state index in [1.807, 2.05) is 0 Å². The Hall–Kier alpha value is -1.96. The highest BCUT2D eigenvalue weighted by molar-refractivity contribution is 5.91. The molecule has 0 unspecified atom stereocenters. The van der Waals surface area contributed by atoms with Crippen LogP contribution in [0.25, 0.3) is 0 Å². The van der Waals surface area contributed by atoms with Gasteiger partial charge >= 0.3 is 5.97 Å². The van der Waals surface area contributed by atoms with Crippen LogP contribution in [0.2, 0.25) is 0 Å². The average Bonchev–Trinajstić information content (AvgIpc) is 2.87. The van der Waals surface area contributed by atoms with Gasteiger partial charge in [0.2, 0.25) is 5.91 Å². The quantitative estimate of drug-likeness (QED) is 0.775. The predicted molar refractivity (Wildman–Crippen MR) is 68.8 cm³/mol. The van der Waals surface area contributed by atoms with Crippen molar-refractivity contribution in [3.05, 3.63) is 6.20 Å². The minimum atomic E-state index is -0.412. The molecular formula is C12H18N4O4. The maximum absolute atomic E-state index is 12.0. The van der Waals surface area contributed by atoms with Crippen molar-refractivity contribution in [2.45, 2.75) is 26.3 Å². The molecule has 20 heavy (non-hydrogen) atoms. The van der Waals surface area contributed by atoms with Crippen molar-refractivity contribution >= 4 is 17.7 Å². The first-order valence-corrected chi connectivity index (χ1v) is 6.63. The van der Waals surface area contributed by atoms with Crippen LogP contribution in [0.15, 0.2) is 6.20 Å². The second-order valence-electron chi connectivity index (χ2n) is 4.44. The second-order valence-corrected chi connectivity index (χ2v) is 4.44. The lowest BCUT2D eigenvalue weighted by molar-refractivity contribution is -0.144. The molecule has 8 nitrogen and oxygen atoms in total. The van der Waals surface area contributed by atoms with E-state index in [4.69, 9.17) is 9.47 Å². The standard InChI is InChI=1S/C12H18N4O4/c1-2-20-11(17)8-16-13-7-10(15-16)14-12(18)9-3-5-19-6-4-9/h7,9H,2-6,8H2,1H3,(H,14,15,18). The van der Waals surface area contributed by atoms with Gasteiger partial charge in [-0.3, -0.25) is 4.79 Å². The topological polar surface area (TPSA) is 95.3 Å². The lowest BCUT2D eigenvalue weighted by Crippen LogP contribution is -2.28. The zero-order valence-corrected chi connectivity index (χ0v) is 11.4. The number of anilines is 1. The fraction of sp³-hybridized carbons (Fsp3) is 0.667. The van der Waals surface area contributed by atoms with E-state index >= 15 is 0 Å². The molecule has 2 rings (SSSR count). The van der Waals surface area contributed by atoms with Crippen molar-refractivity contribution in [2.75, 3.05) is 25.1 Å². The summed E-state index contributed by atoms with van der Waals surface area (Å²) in [5.74, 6) is -0.216. The van der Waals surface area contributed by atoms with Crippen molar-refractivity contribution in [1.29, 1.82) is 0 Å². The molecule has 0 atom stereocenters. The number of carbonyl (C=O) groups is 2. The minimum absolute atomic E-state index is 0.0565. The molecule has 0 bridgehead atoms. The van der Waals surface area contributed by atoms with Gasteiger partial charge in [0.25, 0.3) is 0 Å². The van der Waals surface area contributed by atoms with Gasteiger partial charge in [0.1, 0.15) is 0 Å². The molecule has 2 heterocycles. The molecular weight excluding hydrogens is 264 g/mol. The smallest absolute Gasteiger partial charge is 0.329 e. The molecule has 0 aliphatic carbocycles. The van der Waals surface area contributed by atoms with Crippen LogP contribution < -0.4 is 5.32 Å². The Morgan fingerprint density at radius 2 is 2.25 bits per heavy atom. The van der Waals surface area contributed by atoms with E-state index in [2.05, 4.69) is 15.5 Å². The number of ether oxygens (including phenoxy) is 2. The molecule has 0 saturated carbocycles.